The summed E-state index contributed by atoms with van der Waals surface area (Å²) in [5, 5.41) is 36.1. The molecule has 11 heteroatoms. The minimum atomic E-state index is -1.77. The summed E-state index contributed by atoms with van der Waals surface area (Å²) in [6.45, 7) is 5.76. The maximum absolute atomic E-state index is 12.8. The van der Waals surface area contributed by atoms with E-state index >= 15 is 0 Å². The highest BCUT2D eigenvalue weighted by Gasteiger charge is 2.37. The lowest BCUT2D eigenvalue weighted by molar-refractivity contribution is -0.150. The Balaban J connectivity index is 1.89. The fraction of sp³-hybridized carbons (Fsp3) is 0.577. The molecule has 0 unspecified atom stereocenters. The molecule has 1 fully saturated rings. The standard InChI is InChI=1S/C26H38N2O9/c1-26(2,3)13-12-19(29)20(30)21(31)22(35-4)24(33)28-18-11-10-17(14-27-23(18)32)37-25(34)36-15-16-8-6-5-7-9-16/h5-9,12-13,17-22,29-31H,10-11,14-15H2,1-4H3,(H,27,32)(H,28,33)/t17-,18+,19-,20+,21-,22-/m1/s1. The molecule has 1 heterocycles. The van der Waals surface area contributed by atoms with Crippen LogP contribution in [0.5, 0.6) is 0 Å². The Hall–Kier alpha value is -2.99. The minimum Gasteiger partial charge on any atom is -0.429 e. The maximum atomic E-state index is 12.8. The average molecular weight is 523 g/mol. The van der Waals surface area contributed by atoms with Crippen molar-refractivity contribution in [2.24, 2.45) is 5.41 Å². The summed E-state index contributed by atoms with van der Waals surface area (Å²) in [6, 6.07) is 8.10. The monoisotopic (exact) mass is 522 g/mol. The van der Waals surface area contributed by atoms with Crippen LogP contribution in [-0.2, 0) is 30.4 Å². The lowest BCUT2D eigenvalue weighted by Gasteiger charge is -2.28. The van der Waals surface area contributed by atoms with Gasteiger partial charge in [0.25, 0.3) is 5.91 Å². The molecule has 37 heavy (non-hydrogen) atoms. The van der Waals surface area contributed by atoms with Crippen molar-refractivity contribution in [1.29, 1.82) is 0 Å². The molecule has 1 aromatic carbocycles. The number of amides is 2. The number of carbonyl (C=O) groups excluding carboxylic acids is 3. The van der Waals surface area contributed by atoms with E-state index in [0.717, 1.165) is 12.7 Å². The van der Waals surface area contributed by atoms with Gasteiger partial charge in [-0.25, -0.2) is 4.79 Å². The van der Waals surface area contributed by atoms with Gasteiger partial charge < -0.3 is 40.2 Å². The van der Waals surface area contributed by atoms with Crippen LogP contribution < -0.4 is 10.6 Å². The second-order valence-corrected chi connectivity index (χ2v) is 10.0. The van der Waals surface area contributed by atoms with Crippen LogP contribution in [0.3, 0.4) is 0 Å². The molecule has 0 spiro atoms. The highest BCUT2D eigenvalue weighted by molar-refractivity contribution is 5.89. The number of benzene rings is 1. The van der Waals surface area contributed by atoms with Gasteiger partial charge >= 0.3 is 6.16 Å². The summed E-state index contributed by atoms with van der Waals surface area (Å²) < 4.78 is 15.4. The van der Waals surface area contributed by atoms with E-state index in [2.05, 4.69) is 10.6 Å². The van der Waals surface area contributed by atoms with Crippen molar-refractivity contribution in [1.82, 2.24) is 10.6 Å². The number of methoxy groups -OCH3 is 1. The van der Waals surface area contributed by atoms with Gasteiger partial charge in [-0.3, -0.25) is 9.59 Å². The van der Waals surface area contributed by atoms with Crippen LogP contribution in [-0.4, -0.2) is 83.5 Å². The third kappa shape index (κ3) is 10.1. The molecule has 1 aliphatic heterocycles. The van der Waals surface area contributed by atoms with Crippen LogP contribution >= 0.6 is 0 Å². The molecule has 1 aromatic rings. The van der Waals surface area contributed by atoms with E-state index in [-0.39, 0.29) is 31.4 Å². The van der Waals surface area contributed by atoms with Gasteiger partial charge in [0.05, 0.1) is 6.54 Å². The Bertz CT molecular complexity index is 916. The molecular formula is C26H38N2O9. The number of aliphatic hydroxyl groups excluding tert-OH is 3. The molecular weight excluding hydrogens is 484 g/mol. The number of hydrogen-bond donors (Lipinski definition) is 5. The van der Waals surface area contributed by atoms with Gasteiger partial charge in [-0.05, 0) is 23.8 Å². The first-order valence-corrected chi connectivity index (χ1v) is 12.1. The predicted octanol–water partition coefficient (Wildman–Crippen LogP) is 0.803. The van der Waals surface area contributed by atoms with Crippen LogP contribution in [0.25, 0.3) is 0 Å². The summed E-state index contributed by atoms with van der Waals surface area (Å²) in [4.78, 5) is 37.3. The van der Waals surface area contributed by atoms with Crippen molar-refractivity contribution >= 4 is 18.0 Å². The van der Waals surface area contributed by atoms with Gasteiger partial charge in [0.1, 0.15) is 37.1 Å². The SMILES string of the molecule is CO[C@@H](C(=O)N[C@H]1CC[C@@H](OC(=O)OCc2ccccc2)CNC1=O)[C@H](O)[C@@H](O)[C@H](O)C=CC(C)(C)C. The van der Waals surface area contributed by atoms with Gasteiger partial charge in [-0.15, -0.1) is 0 Å². The van der Waals surface area contributed by atoms with Crippen molar-refractivity contribution in [3.63, 3.8) is 0 Å². The van der Waals surface area contributed by atoms with Crippen LogP contribution in [0.2, 0.25) is 0 Å². The van der Waals surface area contributed by atoms with E-state index in [1.165, 1.54) is 6.08 Å². The second-order valence-electron chi connectivity index (χ2n) is 10.0. The third-order valence-corrected chi connectivity index (χ3v) is 5.69. The highest BCUT2D eigenvalue weighted by Crippen LogP contribution is 2.17. The molecule has 5 N–H and O–H groups in total. The zero-order valence-electron chi connectivity index (χ0n) is 21.6. The summed E-state index contributed by atoms with van der Waals surface area (Å²) >= 11 is 0. The summed E-state index contributed by atoms with van der Waals surface area (Å²) in [5.41, 5.74) is 0.533. The fourth-order valence-corrected chi connectivity index (χ4v) is 3.59. The number of rotatable bonds is 10. The Morgan fingerprint density at radius 1 is 1.14 bits per heavy atom. The highest BCUT2D eigenvalue weighted by atomic mass is 16.7. The van der Waals surface area contributed by atoms with E-state index < -0.39 is 54.5 Å². The molecule has 2 amide bonds. The van der Waals surface area contributed by atoms with E-state index in [1.54, 1.807) is 18.2 Å². The van der Waals surface area contributed by atoms with Crippen molar-refractivity contribution in [2.45, 2.75) is 76.8 Å². The van der Waals surface area contributed by atoms with Crippen molar-refractivity contribution in [3.8, 4) is 0 Å². The Morgan fingerprint density at radius 2 is 1.81 bits per heavy atom. The number of carbonyl (C=O) groups is 3. The van der Waals surface area contributed by atoms with E-state index in [9.17, 15) is 29.7 Å². The van der Waals surface area contributed by atoms with Crippen molar-refractivity contribution in [3.05, 3.63) is 48.0 Å². The van der Waals surface area contributed by atoms with E-state index in [0.29, 0.717) is 0 Å². The third-order valence-electron chi connectivity index (χ3n) is 5.69. The first-order valence-electron chi connectivity index (χ1n) is 12.1. The quantitative estimate of drug-likeness (QED) is 0.221. The Morgan fingerprint density at radius 3 is 2.43 bits per heavy atom. The maximum Gasteiger partial charge on any atom is 0.508 e. The number of nitrogens with one attached hydrogen (secondary N) is 2. The number of hydrogen-bond acceptors (Lipinski definition) is 9. The molecule has 1 saturated heterocycles. The minimum absolute atomic E-state index is 0.0347. The summed E-state index contributed by atoms with van der Waals surface area (Å²) in [5.74, 6) is -1.35. The largest absolute Gasteiger partial charge is 0.508 e. The molecule has 0 aliphatic carbocycles. The van der Waals surface area contributed by atoms with Gasteiger partial charge in [0.15, 0.2) is 6.10 Å². The first-order chi connectivity index (χ1) is 17.4. The van der Waals surface area contributed by atoms with Crippen LogP contribution in [0.15, 0.2) is 42.5 Å². The molecule has 1 aliphatic rings. The normalized spacial score (nSPS) is 21.8. The van der Waals surface area contributed by atoms with Crippen LogP contribution in [0.1, 0.15) is 39.2 Å². The predicted molar refractivity (Wildman–Crippen MR) is 133 cm³/mol. The summed E-state index contributed by atoms with van der Waals surface area (Å²) in [7, 11) is 1.16. The Kier molecular flexibility index (Phi) is 11.5. The van der Waals surface area contributed by atoms with Crippen molar-refractivity contribution in [2.75, 3.05) is 13.7 Å². The smallest absolute Gasteiger partial charge is 0.429 e. The molecule has 11 nitrogen and oxygen atoms in total. The van der Waals surface area contributed by atoms with E-state index in [4.69, 9.17) is 14.2 Å². The lowest BCUT2D eigenvalue weighted by atomic mass is 9.94. The zero-order valence-corrected chi connectivity index (χ0v) is 21.6. The van der Waals surface area contributed by atoms with Gasteiger partial charge in [0, 0.05) is 7.11 Å². The van der Waals surface area contributed by atoms with Crippen molar-refractivity contribution < 1.29 is 43.9 Å². The summed E-state index contributed by atoms with van der Waals surface area (Å²) in [6.07, 6.45) is -4.62. The van der Waals surface area contributed by atoms with Crippen LogP contribution in [0, 0.1) is 5.41 Å². The molecule has 0 radical (unpaired) electrons. The number of allylic oxidation sites excluding steroid dienone is 1. The molecule has 206 valence electrons. The van der Waals surface area contributed by atoms with Gasteiger partial charge in [0.2, 0.25) is 5.91 Å². The molecule has 0 aromatic heterocycles. The fourth-order valence-electron chi connectivity index (χ4n) is 3.59. The van der Waals surface area contributed by atoms with Crippen LogP contribution in [0.4, 0.5) is 4.79 Å². The lowest BCUT2D eigenvalue weighted by Crippen LogP contribution is -2.55. The zero-order chi connectivity index (χ0) is 27.6. The van der Waals surface area contributed by atoms with Gasteiger partial charge in [-0.2, -0.15) is 0 Å². The first kappa shape index (κ1) is 30.2. The Labute approximate surface area is 216 Å². The molecule has 2 rings (SSSR count). The number of ether oxygens (including phenoxy) is 3. The second kappa shape index (κ2) is 14.1. The van der Waals surface area contributed by atoms with Gasteiger partial charge in [-0.1, -0.05) is 63.3 Å². The molecule has 0 saturated carbocycles. The molecule has 0 bridgehead atoms. The molecule has 6 atom stereocenters. The van der Waals surface area contributed by atoms with E-state index in [1.807, 2.05) is 39.0 Å². The topological polar surface area (TPSA) is 164 Å². The average Bonchev–Trinajstić information content (AvgIpc) is 3.02. The number of aliphatic hydroxyl groups is 3.